The van der Waals surface area contributed by atoms with Gasteiger partial charge in [-0.2, -0.15) is 0 Å². The lowest BCUT2D eigenvalue weighted by Crippen LogP contribution is -2.22. The fourth-order valence-corrected chi connectivity index (χ4v) is 3.81. The van der Waals surface area contributed by atoms with Crippen LogP contribution in [0, 0.1) is 10.1 Å². The van der Waals surface area contributed by atoms with E-state index in [4.69, 9.17) is 13.6 Å². The van der Waals surface area contributed by atoms with Crippen molar-refractivity contribution in [3.8, 4) is 0 Å². The Kier molecular flexibility index (Phi) is 6.55. The predicted molar refractivity (Wildman–Crippen MR) is 89.2 cm³/mol. The van der Waals surface area contributed by atoms with E-state index in [1.165, 1.54) is 19.2 Å². The van der Waals surface area contributed by atoms with E-state index in [2.05, 4.69) is 15.9 Å². The van der Waals surface area contributed by atoms with Crippen molar-refractivity contribution in [2.75, 3.05) is 37.0 Å². The van der Waals surface area contributed by atoms with Crippen LogP contribution >= 0.6 is 23.8 Å². The second-order valence-electron chi connectivity index (χ2n) is 4.89. The van der Waals surface area contributed by atoms with Gasteiger partial charge in [0.05, 0.1) is 17.6 Å². The Hall–Kier alpha value is -0.990. The smallest absolute Gasteiger partial charge is 0.369 e. The van der Waals surface area contributed by atoms with E-state index in [-0.39, 0.29) is 18.4 Å². The molecule has 0 radical (unpaired) electrons. The standard InChI is InChI=1S/C13H18BrN2O6P/c1-20-23(19,21-9-7-14)22-13-6-8-15(10-13)11-2-4-12(5-3-11)16(17)18/h2-5,13H,6-10H2,1H3. The quantitative estimate of drug-likeness (QED) is 0.281. The molecule has 8 nitrogen and oxygen atoms in total. The predicted octanol–water partition coefficient (Wildman–Crippen LogP) is 3.36. The van der Waals surface area contributed by atoms with Crippen LogP contribution in [0.15, 0.2) is 24.3 Å². The third-order valence-electron chi connectivity index (χ3n) is 3.40. The van der Waals surface area contributed by atoms with E-state index in [1.54, 1.807) is 12.1 Å². The molecule has 0 saturated carbocycles. The summed E-state index contributed by atoms with van der Waals surface area (Å²) in [7, 11) is -2.26. The van der Waals surface area contributed by atoms with Crippen LogP contribution in [-0.4, -0.2) is 43.2 Å². The van der Waals surface area contributed by atoms with Gasteiger partial charge in [0.2, 0.25) is 0 Å². The van der Waals surface area contributed by atoms with Gasteiger partial charge in [-0.3, -0.25) is 23.7 Å². The molecule has 1 aliphatic rings. The van der Waals surface area contributed by atoms with E-state index < -0.39 is 12.7 Å². The number of anilines is 1. The second kappa shape index (κ2) is 8.21. The third kappa shape index (κ3) is 4.99. The molecule has 0 aromatic heterocycles. The van der Waals surface area contributed by atoms with E-state index >= 15 is 0 Å². The molecule has 1 aliphatic heterocycles. The van der Waals surface area contributed by atoms with Crippen molar-refractivity contribution in [1.29, 1.82) is 0 Å². The van der Waals surface area contributed by atoms with Crippen LogP contribution < -0.4 is 4.90 Å². The van der Waals surface area contributed by atoms with Gasteiger partial charge in [0.1, 0.15) is 0 Å². The number of rotatable bonds is 8. The van der Waals surface area contributed by atoms with Gasteiger partial charge < -0.3 is 4.90 Å². The molecule has 2 rings (SSSR count). The van der Waals surface area contributed by atoms with Crippen molar-refractivity contribution in [2.45, 2.75) is 12.5 Å². The number of alkyl halides is 1. The number of nitro groups is 1. The lowest BCUT2D eigenvalue weighted by atomic mass is 10.2. The fraction of sp³-hybridized carbons (Fsp3) is 0.538. The Morgan fingerprint density at radius 3 is 2.70 bits per heavy atom. The monoisotopic (exact) mass is 408 g/mol. The maximum Gasteiger partial charge on any atom is 0.474 e. The molecule has 128 valence electrons. The van der Waals surface area contributed by atoms with E-state index in [9.17, 15) is 14.7 Å². The van der Waals surface area contributed by atoms with Crippen LogP contribution in [-0.2, 0) is 18.1 Å². The Balaban J connectivity index is 1.95. The number of non-ortho nitro benzene ring substituents is 1. The Morgan fingerprint density at radius 2 is 2.13 bits per heavy atom. The van der Waals surface area contributed by atoms with Crippen molar-refractivity contribution in [1.82, 2.24) is 0 Å². The van der Waals surface area contributed by atoms with Crippen LogP contribution in [0.25, 0.3) is 0 Å². The zero-order chi connectivity index (χ0) is 16.9. The summed E-state index contributed by atoms with van der Waals surface area (Å²) in [5.41, 5.74) is 0.906. The molecule has 1 aromatic rings. The summed E-state index contributed by atoms with van der Waals surface area (Å²) >= 11 is 3.19. The summed E-state index contributed by atoms with van der Waals surface area (Å²) in [5, 5.41) is 11.2. The minimum Gasteiger partial charge on any atom is -0.369 e. The largest absolute Gasteiger partial charge is 0.474 e. The maximum atomic E-state index is 12.3. The SMILES string of the molecule is COP(=O)(OCCBr)OC1CCN(c2ccc([N+](=O)[O-])cc2)C1. The average Bonchev–Trinajstić information content (AvgIpc) is 3.01. The zero-order valence-electron chi connectivity index (χ0n) is 12.6. The van der Waals surface area contributed by atoms with Gasteiger partial charge >= 0.3 is 7.82 Å². The van der Waals surface area contributed by atoms with Crippen molar-refractivity contribution in [2.24, 2.45) is 0 Å². The molecule has 2 atom stereocenters. The molecular formula is C13H18BrN2O6P. The molecule has 1 saturated heterocycles. The fourth-order valence-electron chi connectivity index (χ4n) is 2.29. The molecule has 0 N–H and O–H groups in total. The molecule has 10 heteroatoms. The van der Waals surface area contributed by atoms with Crippen molar-refractivity contribution in [3.05, 3.63) is 34.4 Å². The Labute approximate surface area is 142 Å². The van der Waals surface area contributed by atoms with E-state index in [1.807, 2.05) is 4.90 Å². The number of phosphoric ester groups is 1. The summed E-state index contributed by atoms with van der Waals surface area (Å²) in [5.74, 6) is 0. The molecule has 1 heterocycles. The lowest BCUT2D eigenvalue weighted by Gasteiger charge is -2.21. The van der Waals surface area contributed by atoms with Crippen LogP contribution in [0.4, 0.5) is 11.4 Å². The molecule has 1 aromatic carbocycles. The molecule has 23 heavy (non-hydrogen) atoms. The third-order valence-corrected chi connectivity index (χ3v) is 5.23. The minimum atomic E-state index is -3.55. The summed E-state index contributed by atoms with van der Waals surface area (Å²) < 4.78 is 27.8. The lowest BCUT2D eigenvalue weighted by molar-refractivity contribution is -0.384. The van der Waals surface area contributed by atoms with Gasteiger partial charge in [-0.15, -0.1) is 0 Å². The van der Waals surface area contributed by atoms with Crippen molar-refractivity contribution in [3.63, 3.8) is 0 Å². The zero-order valence-corrected chi connectivity index (χ0v) is 15.1. The molecule has 0 aliphatic carbocycles. The van der Waals surface area contributed by atoms with E-state index in [0.717, 1.165) is 5.69 Å². The average molecular weight is 409 g/mol. The van der Waals surface area contributed by atoms with Crippen LogP contribution in [0.3, 0.4) is 0 Å². The summed E-state index contributed by atoms with van der Waals surface area (Å²) in [6.45, 7) is 1.44. The summed E-state index contributed by atoms with van der Waals surface area (Å²) in [4.78, 5) is 12.2. The number of halogens is 1. The first-order valence-corrected chi connectivity index (χ1v) is 9.59. The van der Waals surface area contributed by atoms with Gasteiger partial charge in [0.25, 0.3) is 5.69 Å². The van der Waals surface area contributed by atoms with Gasteiger partial charge in [-0.05, 0) is 18.6 Å². The number of hydrogen-bond donors (Lipinski definition) is 0. The molecule has 0 amide bonds. The first-order chi connectivity index (χ1) is 11.0. The molecule has 1 fully saturated rings. The number of benzene rings is 1. The highest BCUT2D eigenvalue weighted by Crippen LogP contribution is 2.50. The highest BCUT2D eigenvalue weighted by molar-refractivity contribution is 9.09. The molecular weight excluding hydrogens is 391 g/mol. The molecule has 0 spiro atoms. The first kappa shape index (κ1) is 18.4. The summed E-state index contributed by atoms with van der Waals surface area (Å²) in [6.07, 6.45) is 0.383. The minimum absolute atomic E-state index is 0.0489. The maximum absolute atomic E-state index is 12.3. The number of nitrogens with zero attached hydrogens (tertiary/aromatic N) is 2. The van der Waals surface area contributed by atoms with Gasteiger partial charge in [-0.25, -0.2) is 4.57 Å². The topological polar surface area (TPSA) is 91.1 Å². The van der Waals surface area contributed by atoms with Gasteiger partial charge in [0.15, 0.2) is 0 Å². The molecule has 0 bridgehead atoms. The van der Waals surface area contributed by atoms with Gasteiger partial charge in [-0.1, -0.05) is 15.9 Å². The Bertz CT molecular complexity index is 584. The number of phosphoric acid groups is 1. The highest BCUT2D eigenvalue weighted by atomic mass is 79.9. The van der Waals surface area contributed by atoms with Crippen molar-refractivity contribution < 1.29 is 23.1 Å². The first-order valence-electron chi connectivity index (χ1n) is 7.01. The summed E-state index contributed by atoms with van der Waals surface area (Å²) in [6, 6.07) is 6.31. The number of nitro benzene ring substituents is 1. The van der Waals surface area contributed by atoms with Crippen LogP contribution in [0.1, 0.15) is 6.42 Å². The highest BCUT2D eigenvalue weighted by Gasteiger charge is 2.33. The molecule has 2 unspecified atom stereocenters. The number of hydrogen-bond acceptors (Lipinski definition) is 7. The van der Waals surface area contributed by atoms with Crippen LogP contribution in [0.5, 0.6) is 0 Å². The Morgan fingerprint density at radius 1 is 1.43 bits per heavy atom. The van der Waals surface area contributed by atoms with Crippen molar-refractivity contribution >= 4 is 35.1 Å². The normalized spacial score (nSPS) is 20.4. The van der Waals surface area contributed by atoms with E-state index in [0.29, 0.717) is 24.8 Å². The van der Waals surface area contributed by atoms with Crippen LogP contribution in [0.2, 0.25) is 0 Å². The van der Waals surface area contributed by atoms with Gasteiger partial charge in [0, 0.05) is 43.3 Å². The second-order valence-corrected chi connectivity index (χ2v) is 7.41.